The molecule has 128 valence electrons. The van der Waals surface area contributed by atoms with E-state index in [1.54, 1.807) is 6.07 Å². The maximum absolute atomic E-state index is 14.3. The van der Waals surface area contributed by atoms with Crippen LogP contribution < -0.4 is 0 Å². The van der Waals surface area contributed by atoms with Crippen LogP contribution in [0.5, 0.6) is 0 Å². The molecule has 1 heterocycles. The Balaban J connectivity index is 1.70. The summed E-state index contributed by atoms with van der Waals surface area (Å²) < 4.78 is 14.3. The van der Waals surface area contributed by atoms with Crippen molar-refractivity contribution in [3.63, 3.8) is 0 Å². The Morgan fingerprint density at radius 2 is 1.83 bits per heavy atom. The predicted molar refractivity (Wildman–Crippen MR) is 98.6 cm³/mol. The molecule has 1 aromatic heterocycles. The van der Waals surface area contributed by atoms with E-state index in [0.29, 0.717) is 11.5 Å². The summed E-state index contributed by atoms with van der Waals surface area (Å²) in [6.45, 7) is 4.32. The number of hydrogen-bond donors (Lipinski definition) is 0. The average Bonchev–Trinajstić information content (AvgIpc) is 2.63. The lowest BCUT2D eigenvalue weighted by Gasteiger charge is -2.28. The summed E-state index contributed by atoms with van der Waals surface area (Å²) in [6, 6.07) is 9.60. The number of aryl methyl sites for hydroxylation is 1. The van der Waals surface area contributed by atoms with Crippen molar-refractivity contribution in [2.24, 2.45) is 5.92 Å². The van der Waals surface area contributed by atoms with E-state index in [-0.39, 0.29) is 5.82 Å². The molecule has 0 N–H and O–H groups in total. The summed E-state index contributed by atoms with van der Waals surface area (Å²) in [7, 11) is 0. The number of aromatic nitrogens is 1. The van der Waals surface area contributed by atoms with Gasteiger partial charge < -0.3 is 0 Å². The first kappa shape index (κ1) is 17.1. The van der Waals surface area contributed by atoms with Crippen molar-refractivity contribution in [2.45, 2.75) is 64.7 Å². The number of benzene rings is 1. The van der Waals surface area contributed by atoms with E-state index in [1.165, 1.54) is 44.1 Å². The number of pyridine rings is 1. The van der Waals surface area contributed by atoms with Crippen LogP contribution in [0.3, 0.4) is 0 Å². The van der Waals surface area contributed by atoms with Crippen LogP contribution in [0.1, 0.15) is 69.4 Å². The van der Waals surface area contributed by atoms with Crippen LogP contribution in [0.2, 0.25) is 0 Å². The van der Waals surface area contributed by atoms with E-state index < -0.39 is 0 Å². The molecule has 0 aliphatic heterocycles. The van der Waals surface area contributed by atoms with Crippen molar-refractivity contribution in [3.05, 3.63) is 53.5 Å². The van der Waals surface area contributed by atoms with E-state index >= 15 is 0 Å². The lowest BCUT2D eigenvalue weighted by Crippen LogP contribution is -2.13. The molecule has 24 heavy (non-hydrogen) atoms. The van der Waals surface area contributed by atoms with Gasteiger partial charge in [0.25, 0.3) is 0 Å². The fourth-order valence-electron chi connectivity index (χ4n) is 3.99. The molecule has 0 unspecified atom stereocenters. The van der Waals surface area contributed by atoms with E-state index in [4.69, 9.17) is 0 Å². The van der Waals surface area contributed by atoms with Crippen LogP contribution in [-0.4, -0.2) is 4.98 Å². The highest BCUT2D eigenvalue weighted by Gasteiger charge is 2.22. The lowest BCUT2D eigenvalue weighted by molar-refractivity contribution is 0.308. The highest BCUT2D eigenvalue weighted by atomic mass is 19.1. The molecule has 2 heteroatoms. The maximum atomic E-state index is 14.3. The van der Waals surface area contributed by atoms with Crippen LogP contribution in [0, 0.1) is 11.7 Å². The van der Waals surface area contributed by atoms with E-state index in [0.717, 1.165) is 23.6 Å². The maximum Gasteiger partial charge on any atom is 0.132 e. The molecule has 1 aliphatic carbocycles. The molecule has 0 amide bonds. The highest BCUT2D eigenvalue weighted by molar-refractivity contribution is 5.60. The molecule has 1 aliphatic rings. The van der Waals surface area contributed by atoms with Gasteiger partial charge in [0.05, 0.1) is 5.69 Å². The van der Waals surface area contributed by atoms with Crippen molar-refractivity contribution in [3.8, 4) is 11.3 Å². The van der Waals surface area contributed by atoms with Crippen LogP contribution in [0.15, 0.2) is 36.5 Å². The van der Waals surface area contributed by atoms with Crippen LogP contribution >= 0.6 is 0 Å². The predicted octanol–water partition coefficient (Wildman–Crippen LogP) is 6.52. The molecule has 0 spiro atoms. The molecule has 1 aromatic carbocycles. The Bertz CT molecular complexity index is 654. The number of rotatable bonds is 5. The third-order valence-electron chi connectivity index (χ3n) is 5.52. The summed E-state index contributed by atoms with van der Waals surface area (Å²) in [5.41, 5.74) is 3.68. The molecule has 0 atom stereocenters. The molecule has 1 saturated carbocycles. The molecular formula is C22H28FN. The second-order valence-corrected chi connectivity index (χ2v) is 7.15. The summed E-state index contributed by atoms with van der Waals surface area (Å²) in [6.07, 6.45) is 10.7. The second-order valence-electron chi connectivity index (χ2n) is 7.15. The van der Waals surface area contributed by atoms with Gasteiger partial charge in [0.1, 0.15) is 5.82 Å². The quantitative estimate of drug-likeness (QED) is 0.609. The zero-order chi connectivity index (χ0) is 16.9. The first-order valence-corrected chi connectivity index (χ1v) is 9.46. The van der Waals surface area contributed by atoms with Crippen molar-refractivity contribution in [1.82, 2.24) is 4.98 Å². The second kappa shape index (κ2) is 7.92. The van der Waals surface area contributed by atoms with E-state index in [1.807, 2.05) is 31.3 Å². The van der Waals surface area contributed by atoms with E-state index in [2.05, 4.69) is 18.0 Å². The van der Waals surface area contributed by atoms with Crippen LogP contribution in [-0.2, 0) is 6.42 Å². The topological polar surface area (TPSA) is 12.9 Å². The molecule has 3 rings (SSSR count). The van der Waals surface area contributed by atoms with Gasteiger partial charge in [-0.05, 0) is 73.3 Å². The van der Waals surface area contributed by atoms with Crippen molar-refractivity contribution in [1.29, 1.82) is 0 Å². The van der Waals surface area contributed by atoms with Crippen LogP contribution in [0.25, 0.3) is 11.3 Å². The lowest BCUT2D eigenvalue weighted by atomic mass is 9.77. The van der Waals surface area contributed by atoms with Crippen LogP contribution in [0.4, 0.5) is 4.39 Å². The minimum atomic E-state index is -0.172. The summed E-state index contributed by atoms with van der Waals surface area (Å²) in [5, 5.41) is 0. The summed E-state index contributed by atoms with van der Waals surface area (Å²) >= 11 is 0. The molecule has 0 saturated heterocycles. The van der Waals surface area contributed by atoms with Gasteiger partial charge in [-0.15, -0.1) is 0 Å². The van der Waals surface area contributed by atoms with E-state index in [9.17, 15) is 4.39 Å². The smallest absolute Gasteiger partial charge is 0.132 e. The first-order valence-electron chi connectivity index (χ1n) is 9.46. The normalized spacial score (nSPS) is 21.0. The summed E-state index contributed by atoms with van der Waals surface area (Å²) in [4.78, 5) is 4.56. The van der Waals surface area contributed by atoms with Gasteiger partial charge in [0, 0.05) is 11.8 Å². The summed E-state index contributed by atoms with van der Waals surface area (Å²) in [5.74, 6) is 1.38. The van der Waals surface area contributed by atoms with Gasteiger partial charge in [-0.3, -0.25) is 4.98 Å². The van der Waals surface area contributed by atoms with Gasteiger partial charge in [-0.2, -0.15) is 0 Å². The Kier molecular flexibility index (Phi) is 5.65. The van der Waals surface area contributed by atoms with Gasteiger partial charge in [0.2, 0.25) is 0 Å². The fraction of sp³-hybridized carbons (Fsp3) is 0.500. The van der Waals surface area contributed by atoms with Crippen molar-refractivity contribution < 1.29 is 4.39 Å². The molecule has 2 aromatic rings. The SMILES string of the molecule is CCCC1CCC(c2ccc(-c3ccc(CC)cc3F)nc2)CC1. The first-order chi connectivity index (χ1) is 11.7. The zero-order valence-electron chi connectivity index (χ0n) is 14.9. The molecule has 0 radical (unpaired) electrons. The highest BCUT2D eigenvalue weighted by Crippen LogP contribution is 2.37. The minimum absolute atomic E-state index is 0.172. The molecule has 1 nitrogen and oxygen atoms in total. The van der Waals surface area contributed by atoms with Gasteiger partial charge in [-0.1, -0.05) is 38.8 Å². The number of halogens is 1. The Morgan fingerprint density at radius 3 is 2.42 bits per heavy atom. The minimum Gasteiger partial charge on any atom is -0.256 e. The zero-order valence-corrected chi connectivity index (χ0v) is 14.9. The monoisotopic (exact) mass is 325 g/mol. The number of nitrogens with zero attached hydrogens (tertiary/aromatic N) is 1. The standard InChI is InChI=1S/C22H28FN/c1-3-5-17-6-9-18(10-7-17)19-11-13-22(24-15-19)20-12-8-16(4-2)14-21(20)23/h8,11-15,17-18H,3-7,9-10H2,1-2H3. The fourth-order valence-corrected chi connectivity index (χ4v) is 3.99. The van der Waals surface area contributed by atoms with Gasteiger partial charge in [-0.25, -0.2) is 4.39 Å². The van der Waals surface area contributed by atoms with Gasteiger partial charge in [0.15, 0.2) is 0 Å². The Morgan fingerprint density at radius 1 is 1.04 bits per heavy atom. The third-order valence-corrected chi connectivity index (χ3v) is 5.52. The largest absolute Gasteiger partial charge is 0.256 e. The Labute approximate surface area is 145 Å². The van der Waals surface area contributed by atoms with Crippen molar-refractivity contribution in [2.75, 3.05) is 0 Å². The van der Waals surface area contributed by atoms with Crippen molar-refractivity contribution >= 4 is 0 Å². The molecule has 0 bridgehead atoms. The third kappa shape index (κ3) is 3.85. The molecular weight excluding hydrogens is 297 g/mol. The van der Waals surface area contributed by atoms with Gasteiger partial charge >= 0.3 is 0 Å². The molecule has 1 fully saturated rings. The Hall–Kier alpha value is -1.70. The average molecular weight is 325 g/mol. The number of hydrogen-bond acceptors (Lipinski definition) is 1.